The summed E-state index contributed by atoms with van der Waals surface area (Å²) >= 11 is 0. The zero-order valence-electron chi connectivity index (χ0n) is 19.6. The van der Waals surface area contributed by atoms with Crippen LogP contribution in [0.15, 0.2) is 76.4 Å². The molecule has 0 amide bonds. The van der Waals surface area contributed by atoms with Gasteiger partial charge in [0, 0.05) is 11.8 Å². The molecule has 0 spiro atoms. The van der Waals surface area contributed by atoms with Crippen molar-refractivity contribution in [3.63, 3.8) is 0 Å². The van der Waals surface area contributed by atoms with E-state index in [0.29, 0.717) is 0 Å². The first kappa shape index (κ1) is 24.6. The Morgan fingerprint density at radius 1 is 0.944 bits per heavy atom. The van der Waals surface area contributed by atoms with Crippen molar-refractivity contribution >= 4 is 0 Å². The Labute approximate surface area is 206 Å². The van der Waals surface area contributed by atoms with Crippen LogP contribution in [-0.2, 0) is 27.4 Å². The second kappa shape index (κ2) is 9.74. The fourth-order valence-corrected chi connectivity index (χ4v) is 5.01. The summed E-state index contributed by atoms with van der Waals surface area (Å²) in [7, 11) is 0. The fourth-order valence-electron chi connectivity index (χ4n) is 5.01. The lowest BCUT2D eigenvalue weighted by molar-refractivity contribution is -0.184. The Morgan fingerprint density at radius 3 is 2.19 bits per heavy atom. The van der Waals surface area contributed by atoms with Crippen LogP contribution in [0.5, 0.6) is 0 Å². The maximum atomic E-state index is 12.6. The molecule has 1 saturated heterocycles. The summed E-state index contributed by atoms with van der Waals surface area (Å²) in [5, 5.41) is 33.7. The molecule has 3 aromatic rings. The zero-order chi connectivity index (χ0) is 25.4. The van der Waals surface area contributed by atoms with Gasteiger partial charge in [-0.1, -0.05) is 60.7 Å². The van der Waals surface area contributed by atoms with E-state index in [-0.39, 0.29) is 18.8 Å². The maximum absolute atomic E-state index is 12.6. The Bertz CT molecular complexity index is 1310. The second-order valence-corrected chi connectivity index (χ2v) is 9.20. The normalized spacial score (nSPS) is 31.4. The highest BCUT2D eigenvalue weighted by molar-refractivity contribution is 5.22. The molecule has 36 heavy (non-hydrogen) atoms. The first-order valence-corrected chi connectivity index (χ1v) is 11.7. The largest absolute Gasteiger partial charge is 0.387 e. The van der Waals surface area contributed by atoms with Crippen LogP contribution in [0.2, 0.25) is 0 Å². The number of nitrogens with one attached hydrogen (secondary N) is 1. The number of aryl methyl sites for hydroxylation is 1. The quantitative estimate of drug-likeness (QED) is 0.368. The molecule has 10 heteroatoms. The highest BCUT2D eigenvalue weighted by Crippen LogP contribution is 2.50. The molecule has 0 unspecified atom stereocenters. The smallest absolute Gasteiger partial charge is 0.330 e. The number of benzene rings is 2. The number of aliphatic hydroxyl groups is 3. The molecule has 2 aromatic carbocycles. The standard InChI is InChI=1S/C26H28N2O8/c1-15-12-28(25(33)27-23(15)32)24-21(31)26(35-14-17-10-6-3-7-11-17)20(30)18(29)19(22(26)36-24)34-13-16-8-4-2-5-9-16/h2-12,18-22,24,29-31H,13-14H2,1H3,(H,27,32,33)/t18-,19-,20-,21-,22-,24-,26+/m1/s1. The number of nitrogens with zero attached hydrogens (tertiary/aromatic N) is 1. The van der Waals surface area contributed by atoms with Gasteiger partial charge in [-0.3, -0.25) is 14.3 Å². The lowest BCUT2D eigenvalue weighted by Gasteiger charge is -2.35. The minimum Gasteiger partial charge on any atom is -0.387 e. The molecule has 10 nitrogen and oxygen atoms in total. The van der Waals surface area contributed by atoms with Crippen LogP contribution in [0.25, 0.3) is 0 Å². The highest BCUT2D eigenvalue weighted by atomic mass is 16.6. The average Bonchev–Trinajstić information content (AvgIpc) is 3.28. The van der Waals surface area contributed by atoms with E-state index in [1.54, 1.807) is 0 Å². The summed E-state index contributed by atoms with van der Waals surface area (Å²) in [6.07, 6.45) is -6.83. The second-order valence-electron chi connectivity index (χ2n) is 9.20. The number of ether oxygens (including phenoxy) is 3. The van der Waals surface area contributed by atoms with E-state index in [9.17, 15) is 24.9 Å². The molecule has 7 atom stereocenters. The van der Waals surface area contributed by atoms with Gasteiger partial charge >= 0.3 is 5.69 Å². The van der Waals surface area contributed by atoms with Gasteiger partial charge in [0.15, 0.2) is 11.8 Å². The third-order valence-corrected chi connectivity index (χ3v) is 6.92. The van der Waals surface area contributed by atoms with Crippen LogP contribution in [0.3, 0.4) is 0 Å². The van der Waals surface area contributed by atoms with E-state index in [2.05, 4.69) is 4.98 Å². The maximum Gasteiger partial charge on any atom is 0.330 e. The van der Waals surface area contributed by atoms with Gasteiger partial charge < -0.3 is 29.5 Å². The van der Waals surface area contributed by atoms with Gasteiger partial charge in [0.1, 0.15) is 30.5 Å². The van der Waals surface area contributed by atoms with Crippen LogP contribution >= 0.6 is 0 Å². The number of aliphatic hydroxyl groups excluding tert-OH is 3. The Kier molecular flexibility index (Phi) is 6.64. The molecule has 1 aromatic heterocycles. The van der Waals surface area contributed by atoms with Gasteiger partial charge in [-0.05, 0) is 18.1 Å². The van der Waals surface area contributed by atoms with Gasteiger partial charge in [-0.15, -0.1) is 0 Å². The van der Waals surface area contributed by atoms with Gasteiger partial charge in [0.2, 0.25) is 0 Å². The molecule has 1 saturated carbocycles. The van der Waals surface area contributed by atoms with Crippen molar-refractivity contribution in [3.05, 3.63) is 104 Å². The summed E-state index contributed by atoms with van der Waals surface area (Å²) in [5.41, 5.74) is -1.31. The molecule has 5 rings (SSSR count). The van der Waals surface area contributed by atoms with Crippen molar-refractivity contribution in [1.29, 1.82) is 0 Å². The predicted molar refractivity (Wildman–Crippen MR) is 127 cm³/mol. The van der Waals surface area contributed by atoms with E-state index in [4.69, 9.17) is 14.2 Å². The van der Waals surface area contributed by atoms with E-state index >= 15 is 0 Å². The molecule has 0 bridgehead atoms. The van der Waals surface area contributed by atoms with Crippen molar-refractivity contribution in [2.75, 3.05) is 0 Å². The monoisotopic (exact) mass is 496 g/mol. The van der Waals surface area contributed by atoms with Crippen LogP contribution in [0.1, 0.15) is 22.9 Å². The molecule has 4 N–H and O–H groups in total. The molecule has 2 aliphatic rings. The highest BCUT2D eigenvalue weighted by Gasteiger charge is 2.72. The summed E-state index contributed by atoms with van der Waals surface area (Å²) in [6.45, 7) is 1.63. The van der Waals surface area contributed by atoms with E-state index < -0.39 is 53.6 Å². The molecular formula is C26H28N2O8. The zero-order valence-corrected chi connectivity index (χ0v) is 19.6. The summed E-state index contributed by atoms with van der Waals surface area (Å²) in [5.74, 6) is 0. The molecule has 1 aliphatic heterocycles. The average molecular weight is 497 g/mol. The summed E-state index contributed by atoms with van der Waals surface area (Å²) in [6, 6.07) is 18.4. The minimum absolute atomic E-state index is 0.000779. The lowest BCUT2D eigenvalue weighted by Crippen LogP contribution is -2.56. The van der Waals surface area contributed by atoms with Crippen molar-refractivity contribution in [2.45, 2.75) is 62.5 Å². The summed E-state index contributed by atoms with van der Waals surface area (Å²) in [4.78, 5) is 26.7. The summed E-state index contributed by atoms with van der Waals surface area (Å²) < 4.78 is 19.3. The van der Waals surface area contributed by atoms with Gasteiger partial charge in [-0.2, -0.15) is 0 Å². The minimum atomic E-state index is -1.81. The first-order valence-electron chi connectivity index (χ1n) is 11.7. The molecule has 2 fully saturated rings. The first-order chi connectivity index (χ1) is 17.3. The van der Waals surface area contributed by atoms with E-state index in [0.717, 1.165) is 15.7 Å². The lowest BCUT2D eigenvalue weighted by atomic mass is 9.91. The van der Waals surface area contributed by atoms with Gasteiger partial charge in [0.05, 0.1) is 13.2 Å². The third-order valence-electron chi connectivity index (χ3n) is 6.92. The molecular weight excluding hydrogens is 468 g/mol. The van der Waals surface area contributed by atoms with Gasteiger partial charge in [0.25, 0.3) is 5.56 Å². The van der Waals surface area contributed by atoms with Crippen LogP contribution in [0.4, 0.5) is 0 Å². The third kappa shape index (κ3) is 4.11. The SMILES string of the molecule is Cc1cn([C@@H]2O[C@@H]3[C@H](OCc4ccccc4)[C@@H](O)[C@@H](O)[C@]3(OCc3ccccc3)[C@@H]2O)c(=O)[nH]c1=O. The molecule has 190 valence electrons. The fraction of sp³-hybridized carbons (Fsp3) is 0.385. The number of rotatable bonds is 7. The van der Waals surface area contributed by atoms with Crippen molar-refractivity contribution in [1.82, 2.24) is 9.55 Å². The Balaban J connectivity index is 1.51. The number of aromatic nitrogens is 2. The van der Waals surface area contributed by atoms with Gasteiger partial charge in [-0.25, -0.2) is 4.79 Å². The van der Waals surface area contributed by atoms with E-state index in [1.807, 2.05) is 60.7 Å². The van der Waals surface area contributed by atoms with Crippen LogP contribution in [-0.4, -0.2) is 61.0 Å². The Morgan fingerprint density at radius 2 is 1.56 bits per heavy atom. The molecule has 2 heterocycles. The van der Waals surface area contributed by atoms with Crippen molar-refractivity contribution in [2.24, 2.45) is 0 Å². The predicted octanol–water partition coefficient (Wildman–Crippen LogP) is 0.380. The van der Waals surface area contributed by atoms with E-state index in [1.165, 1.54) is 13.1 Å². The van der Waals surface area contributed by atoms with Crippen LogP contribution < -0.4 is 11.2 Å². The van der Waals surface area contributed by atoms with Crippen LogP contribution in [0, 0.1) is 6.92 Å². The molecule has 1 aliphatic carbocycles. The number of fused-ring (bicyclic) bond motifs is 1. The number of H-pyrrole nitrogens is 1. The molecule has 0 radical (unpaired) electrons. The topological polar surface area (TPSA) is 143 Å². The number of hydrogen-bond donors (Lipinski definition) is 4. The number of aromatic amines is 1. The van der Waals surface area contributed by atoms with Crippen molar-refractivity contribution < 1.29 is 29.5 Å². The number of hydrogen-bond acceptors (Lipinski definition) is 8. The van der Waals surface area contributed by atoms with Crippen molar-refractivity contribution in [3.8, 4) is 0 Å². The Hall–Kier alpha value is -3.12.